The van der Waals surface area contributed by atoms with Gasteiger partial charge in [-0.25, -0.2) is 4.39 Å². The van der Waals surface area contributed by atoms with Crippen molar-refractivity contribution in [1.82, 2.24) is 5.32 Å². The minimum absolute atomic E-state index is 0.00760. The van der Waals surface area contributed by atoms with Crippen molar-refractivity contribution in [2.75, 3.05) is 19.8 Å². The first-order valence-corrected chi connectivity index (χ1v) is 7.42. The average Bonchev–Trinajstić information content (AvgIpc) is 2.32. The molecule has 0 radical (unpaired) electrons. The van der Waals surface area contributed by atoms with E-state index >= 15 is 0 Å². The van der Waals surface area contributed by atoms with Gasteiger partial charge in [0.05, 0.1) is 0 Å². The van der Waals surface area contributed by atoms with Gasteiger partial charge in [-0.2, -0.15) is 13.2 Å². The van der Waals surface area contributed by atoms with E-state index in [0.29, 0.717) is 23.9 Å². The molecule has 1 rings (SSSR count). The molecule has 1 aromatic carbocycles. The smallest absolute Gasteiger partial charge is 0.372 e. The van der Waals surface area contributed by atoms with E-state index in [1.807, 2.05) is 6.92 Å². The summed E-state index contributed by atoms with van der Waals surface area (Å²) in [6.07, 6.45) is -3.35. The van der Waals surface area contributed by atoms with Gasteiger partial charge in [0.15, 0.2) is 0 Å². The van der Waals surface area contributed by atoms with E-state index in [0.717, 1.165) is 5.56 Å². The van der Waals surface area contributed by atoms with E-state index in [1.165, 1.54) is 12.1 Å². The van der Waals surface area contributed by atoms with Gasteiger partial charge in [0.1, 0.15) is 12.4 Å². The minimum Gasteiger partial charge on any atom is -0.372 e. The standard InChI is InChI=1S/C14H18BrF4NO/c1-2-20-13(3-4-21-9-14(17,18)19)7-10-5-11(15)8-12(16)6-10/h5-6,8,13,20H,2-4,7,9H2,1H3. The second-order valence-electron chi connectivity index (χ2n) is 4.69. The van der Waals surface area contributed by atoms with Gasteiger partial charge in [-0.1, -0.05) is 22.9 Å². The number of benzene rings is 1. The van der Waals surface area contributed by atoms with Crippen LogP contribution in [0.2, 0.25) is 0 Å². The van der Waals surface area contributed by atoms with Crippen LogP contribution in [0.3, 0.4) is 0 Å². The lowest BCUT2D eigenvalue weighted by molar-refractivity contribution is -0.174. The lowest BCUT2D eigenvalue weighted by Gasteiger charge is -2.18. The highest BCUT2D eigenvalue weighted by molar-refractivity contribution is 9.10. The number of rotatable bonds is 8. The molecule has 1 atom stereocenters. The van der Waals surface area contributed by atoms with Crippen molar-refractivity contribution in [3.8, 4) is 0 Å². The zero-order valence-electron chi connectivity index (χ0n) is 11.6. The molecule has 0 aliphatic rings. The summed E-state index contributed by atoms with van der Waals surface area (Å²) in [6.45, 7) is 1.36. The van der Waals surface area contributed by atoms with Gasteiger partial charge in [-0.3, -0.25) is 0 Å². The van der Waals surface area contributed by atoms with Crippen LogP contribution < -0.4 is 5.32 Å². The maximum Gasteiger partial charge on any atom is 0.411 e. The maximum atomic E-state index is 13.3. The molecule has 1 aromatic rings. The molecule has 120 valence electrons. The van der Waals surface area contributed by atoms with Crippen molar-refractivity contribution in [2.24, 2.45) is 0 Å². The minimum atomic E-state index is -4.30. The fourth-order valence-electron chi connectivity index (χ4n) is 1.99. The molecular formula is C14H18BrF4NO. The average molecular weight is 372 g/mol. The number of halogens is 5. The van der Waals surface area contributed by atoms with E-state index in [1.54, 1.807) is 6.07 Å². The number of hydrogen-bond donors (Lipinski definition) is 1. The number of nitrogens with one attached hydrogen (secondary N) is 1. The fourth-order valence-corrected chi connectivity index (χ4v) is 2.50. The van der Waals surface area contributed by atoms with E-state index in [2.05, 4.69) is 26.0 Å². The predicted octanol–water partition coefficient (Wildman–Crippen LogP) is 4.08. The summed E-state index contributed by atoms with van der Waals surface area (Å²) in [6, 6.07) is 4.52. The molecule has 0 heterocycles. The largest absolute Gasteiger partial charge is 0.411 e. The summed E-state index contributed by atoms with van der Waals surface area (Å²) in [5, 5.41) is 3.17. The van der Waals surface area contributed by atoms with Crippen molar-refractivity contribution in [2.45, 2.75) is 32.0 Å². The molecule has 0 aliphatic carbocycles. The zero-order valence-corrected chi connectivity index (χ0v) is 13.2. The molecule has 1 N–H and O–H groups in total. The van der Waals surface area contributed by atoms with Crippen LogP contribution in [-0.2, 0) is 11.2 Å². The molecule has 0 aromatic heterocycles. The van der Waals surface area contributed by atoms with Crippen LogP contribution >= 0.6 is 15.9 Å². The Balaban J connectivity index is 2.49. The van der Waals surface area contributed by atoms with Gasteiger partial charge >= 0.3 is 6.18 Å². The summed E-state index contributed by atoms with van der Waals surface area (Å²) >= 11 is 3.22. The van der Waals surface area contributed by atoms with Gasteiger partial charge in [0, 0.05) is 17.1 Å². The number of likely N-dealkylation sites (N-methyl/N-ethyl adjacent to an activating group) is 1. The Kier molecular flexibility index (Phi) is 7.62. The number of hydrogen-bond acceptors (Lipinski definition) is 2. The first kappa shape index (κ1) is 18.4. The highest BCUT2D eigenvalue weighted by atomic mass is 79.9. The summed E-state index contributed by atoms with van der Waals surface area (Å²) in [5.74, 6) is -0.344. The van der Waals surface area contributed by atoms with Crippen molar-refractivity contribution in [3.05, 3.63) is 34.1 Å². The normalized spacial score (nSPS) is 13.4. The van der Waals surface area contributed by atoms with Crippen molar-refractivity contribution in [1.29, 1.82) is 0 Å². The monoisotopic (exact) mass is 371 g/mol. The predicted molar refractivity (Wildman–Crippen MR) is 76.8 cm³/mol. The molecule has 0 saturated carbocycles. The van der Waals surface area contributed by atoms with Gasteiger partial charge in [0.25, 0.3) is 0 Å². The Labute approximate surface area is 130 Å². The lowest BCUT2D eigenvalue weighted by atomic mass is 10.0. The second-order valence-corrected chi connectivity index (χ2v) is 5.61. The zero-order chi connectivity index (χ0) is 15.9. The molecule has 0 amide bonds. The van der Waals surface area contributed by atoms with Crippen LogP contribution in [0.15, 0.2) is 22.7 Å². The summed E-state index contributed by atoms with van der Waals surface area (Å²) in [5.41, 5.74) is 0.781. The van der Waals surface area contributed by atoms with E-state index < -0.39 is 12.8 Å². The van der Waals surface area contributed by atoms with Crippen LogP contribution in [0.1, 0.15) is 18.9 Å². The molecule has 0 spiro atoms. The SMILES string of the molecule is CCNC(CCOCC(F)(F)F)Cc1cc(F)cc(Br)c1. The van der Waals surface area contributed by atoms with Gasteiger partial charge in [-0.05, 0) is 43.1 Å². The lowest BCUT2D eigenvalue weighted by Crippen LogP contribution is -2.32. The van der Waals surface area contributed by atoms with Crippen molar-refractivity contribution >= 4 is 15.9 Å². The summed E-state index contributed by atoms with van der Waals surface area (Å²) in [4.78, 5) is 0. The Hall–Kier alpha value is -0.660. The maximum absolute atomic E-state index is 13.3. The van der Waals surface area contributed by atoms with E-state index in [4.69, 9.17) is 0 Å². The Morgan fingerprint density at radius 2 is 2.00 bits per heavy atom. The van der Waals surface area contributed by atoms with Crippen molar-refractivity contribution in [3.63, 3.8) is 0 Å². The third kappa shape index (κ3) is 8.38. The molecule has 21 heavy (non-hydrogen) atoms. The molecule has 1 unspecified atom stereocenters. The molecule has 0 bridgehead atoms. The van der Waals surface area contributed by atoms with E-state index in [-0.39, 0.29) is 18.5 Å². The number of ether oxygens (including phenoxy) is 1. The fraction of sp³-hybridized carbons (Fsp3) is 0.571. The van der Waals surface area contributed by atoms with Crippen molar-refractivity contribution < 1.29 is 22.3 Å². The quantitative estimate of drug-likeness (QED) is 0.549. The second kappa shape index (κ2) is 8.70. The molecule has 0 aliphatic heterocycles. The molecule has 7 heteroatoms. The van der Waals surface area contributed by atoms with Crippen LogP contribution in [0, 0.1) is 5.82 Å². The molecule has 2 nitrogen and oxygen atoms in total. The summed E-state index contributed by atoms with van der Waals surface area (Å²) < 4.78 is 54.5. The molecular weight excluding hydrogens is 354 g/mol. The van der Waals surface area contributed by atoms with Gasteiger partial charge in [0.2, 0.25) is 0 Å². The third-order valence-corrected chi connectivity index (χ3v) is 3.23. The number of alkyl halides is 3. The Bertz CT molecular complexity index is 419. The third-order valence-electron chi connectivity index (χ3n) is 2.77. The topological polar surface area (TPSA) is 21.3 Å². The highest BCUT2D eigenvalue weighted by Crippen LogP contribution is 2.17. The van der Waals surface area contributed by atoms with E-state index in [9.17, 15) is 17.6 Å². The Morgan fingerprint density at radius 1 is 1.29 bits per heavy atom. The summed E-state index contributed by atoms with van der Waals surface area (Å²) in [7, 11) is 0. The van der Waals surface area contributed by atoms with Crippen LogP contribution in [0.4, 0.5) is 17.6 Å². The molecule has 0 fully saturated rings. The van der Waals surface area contributed by atoms with Gasteiger partial charge < -0.3 is 10.1 Å². The van der Waals surface area contributed by atoms with Crippen LogP contribution in [0.25, 0.3) is 0 Å². The first-order valence-electron chi connectivity index (χ1n) is 6.63. The van der Waals surface area contributed by atoms with Crippen LogP contribution in [0.5, 0.6) is 0 Å². The molecule has 0 saturated heterocycles. The Morgan fingerprint density at radius 3 is 2.57 bits per heavy atom. The van der Waals surface area contributed by atoms with Gasteiger partial charge in [-0.15, -0.1) is 0 Å². The first-order chi connectivity index (χ1) is 9.80. The van der Waals surface area contributed by atoms with Crippen LogP contribution in [-0.4, -0.2) is 32.0 Å². The highest BCUT2D eigenvalue weighted by Gasteiger charge is 2.27.